The summed E-state index contributed by atoms with van der Waals surface area (Å²) in [7, 11) is 0. The Morgan fingerprint density at radius 3 is 2.61 bits per heavy atom. The van der Waals surface area contributed by atoms with Gasteiger partial charge in [-0.05, 0) is 52.3 Å². The molecule has 1 aromatic rings. The van der Waals surface area contributed by atoms with Crippen molar-refractivity contribution >= 4 is 23.3 Å². The highest BCUT2D eigenvalue weighted by atomic mass is 16.6. The van der Waals surface area contributed by atoms with Gasteiger partial charge in [0.2, 0.25) is 0 Å². The molecular formula is C24H32N2O5. The first-order valence-electron chi connectivity index (χ1n) is 10.8. The lowest BCUT2D eigenvalue weighted by Crippen LogP contribution is -2.36. The number of anilines is 1. The molecule has 0 N–H and O–H groups in total. The molecule has 2 heterocycles. The van der Waals surface area contributed by atoms with Crippen molar-refractivity contribution in [1.29, 1.82) is 0 Å². The van der Waals surface area contributed by atoms with Crippen LogP contribution < -0.4 is 9.64 Å². The molecule has 1 saturated heterocycles. The van der Waals surface area contributed by atoms with Gasteiger partial charge in [-0.15, -0.1) is 0 Å². The average molecular weight is 429 g/mol. The Balaban J connectivity index is 1.72. The minimum atomic E-state index is -0.517. The van der Waals surface area contributed by atoms with Gasteiger partial charge in [-0.3, -0.25) is 0 Å². The van der Waals surface area contributed by atoms with Gasteiger partial charge in [0.1, 0.15) is 17.5 Å². The van der Waals surface area contributed by atoms with Crippen molar-refractivity contribution in [1.82, 2.24) is 4.90 Å². The van der Waals surface area contributed by atoms with Crippen LogP contribution >= 0.6 is 0 Å². The minimum Gasteiger partial charge on any atom is -0.488 e. The molecule has 0 radical (unpaired) electrons. The molecule has 0 aliphatic carbocycles. The monoisotopic (exact) mass is 428 g/mol. The number of carbonyl (C=O) groups is 2. The van der Waals surface area contributed by atoms with Crippen molar-refractivity contribution in [3.8, 4) is 5.75 Å². The maximum atomic E-state index is 12.3. The van der Waals surface area contributed by atoms with Crippen molar-refractivity contribution in [3.63, 3.8) is 0 Å². The van der Waals surface area contributed by atoms with Gasteiger partial charge < -0.3 is 24.0 Å². The summed E-state index contributed by atoms with van der Waals surface area (Å²) in [5, 5.41) is 0. The number of fused-ring (bicyclic) bond motifs is 1. The molecule has 0 spiro atoms. The molecule has 3 rings (SSSR count). The van der Waals surface area contributed by atoms with E-state index in [-0.39, 0.29) is 18.2 Å². The maximum absolute atomic E-state index is 12.3. The molecule has 0 bridgehead atoms. The summed E-state index contributed by atoms with van der Waals surface area (Å²) in [6.45, 7) is 15.6. The fourth-order valence-electron chi connectivity index (χ4n) is 3.68. The predicted molar refractivity (Wildman–Crippen MR) is 120 cm³/mol. The quantitative estimate of drug-likeness (QED) is 0.649. The van der Waals surface area contributed by atoms with Crippen LogP contribution in [0.4, 0.5) is 10.5 Å². The second kappa shape index (κ2) is 9.04. The summed E-state index contributed by atoms with van der Waals surface area (Å²) in [4.78, 5) is 28.3. The summed E-state index contributed by atoms with van der Waals surface area (Å²) in [6.07, 6.45) is 2.12. The second-order valence-corrected chi connectivity index (χ2v) is 8.66. The molecule has 1 atom stereocenters. The van der Waals surface area contributed by atoms with E-state index < -0.39 is 5.60 Å². The molecule has 1 fully saturated rings. The number of likely N-dealkylation sites (tertiary alicyclic amines) is 1. The number of nitrogens with zero attached hydrogens (tertiary/aromatic N) is 2. The van der Waals surface area contributed by atoms with E-state index >= 15 is 0 Å². The molecule has 0 unspecified atom stereocenters. The first kappa shape index (κ1) is 22.7. The molecule has 31 heavy (non-hydrogen) atoms. The highest BCUT2D eigenvalue weighted by molar-refractivity contribution is 6.09. The summed E-state index contributed by atoms with van der Waals surface area (Å²) < 4.78 is 16.8. The first-order valence-corrected chi connectivity index (χ1v) is 10.8. The van der Waals surface area contributed by atoms with Crippen molar-refractivity contribution in [2.45, 2.75) is 52.7 Å². The number of hydrogen-bond donors (Lipinski definition) is 0. The largest absolute Gasteiger partial charge is 0.488 e. The van der Waals surface area contributed by atoms with Gasteiger partial charge in [0, 0.05) is 37.3 Å². The van der Waals surface area contributed by atoms with Gasteiger partial charge in [0.25, 0.3) is 0 Å². The Kier molecular flexibility index (Phi) is 6.62. The second-order valence-electron chi connectivity index (χ2n) is 8.66. The van der Waals surface area contributed by atoms with Gasteiger partial charge in [-0.25, -0.2) is 9.59 Å². The van der Waals surface area contributed by atoms with Gasteiger partial charge in [0.05, 0.1) is 24.4 Å². The van der Waals surface area contributed by atoms with E-state index in [0.29, 0.717) is 43.1 Å². The van der Waals surface area contributed by atoms with Crippen LogP contribution in [0.25, 0.3) is 5.57 Å². The molecular weight excluding hydrogens is 396 g/mol. The fourth-order valence-corrected chi connectivity index (χ4v) is 3.68. The number of esters is 1. The highest BCUT2D eigenvalue weighted by Gasteiger charge is 2.31. The Morgan fingerprint density at radius 2 is 1.97 bits per heavy atom. The summed E-state index contributed by atoms with van der Waals surface area (Å²) in [5.41, 5.74) is 2.40. The molecule has 2 aliphatic rings. The van der Waals surface area contributed by atoms with E-state index in [2.05, 4.69) is 6.58 Å². The van der Waals surface area contributed by atoms with E-state index in [4.69, 9.17) is 14.2 Å². The molecule has 7 heteroatoms. The third-order valence-electron chi connectivity index (χ3n) is 5.15. The van der Waals surface area contributed by atoms with Gasteiger partial charge in [-0.1, -0.05) is 6.58 Å². The molecule has 7 nitrogen and oxygen atoms in total. The Morgan fingerprint density at radius 1 is 1.23 bits per heavy atom. The van der Waals surface area contributed by atoms with Gasteiger partial charge in [-0.2, -0.15) is 0 Å². The topological polar surface area (TPSA) is 68.3 Å². The van der Waals surface area contributed by atoms with Crippen LogP contribution in [0, 0.1) is 0 Å². The van der Waals surface area contributed by atoms with Crippen molar-refractivity contribution < 1.29 is 23.8 Å². The Bertz CT molecular complexity index is 900. The summed E-state index contributed by atoms with van der Waals surface area (Å²) in [5.74, 6) is 0.346. The third-order valence-corrected chi connectivity index (χ3v) is 5.15. The van der Waals surface area contributed by atoms with Gasteiger partial charge >= 0.3 is 12.1 Å². The van der Waals surface area contributed by atoms with Crippen LogP contribution in [0.5, 0.6) is 5.75 Å². The van der Waals surface area contributed by atoms with Gasteiger partial charge in [0.15, 0.2) is 0 Å². The normalized spacial score (nSPS) is 18.4. The number of hydrogen-bond acceptors (Lipinski definition) is 6. The molecule has 1 aromatic carbocycles. The van der Waals surface area contributed by atoms with Crippen LogP contribution in [-0.4, -0.2) is 54.9 Å². The predicted octanol–water partition coefficient (Wildman–Crippen LogP) is 4.37. The lowest BCUT2D eigenvalue weighted by molar-refractivity contribution is -0.138. The number of benzene rings is 1. The van der Waals surface area contributed by atoms with Crippen LogP contribution in [0.3, 0.4) is 0 Å². The Hall–Kier alpha value is -2.96. The zero-order chi connectivity index (χ0) is 22.8. The molecule has 1 amide bonds. The lowest BCUT2D eigenvalue weighted by Gasteiger charge is -2.29. The average Bonchev–Trinajstić information content (AvgIpc) is 3.16. The Labute approximate surface area is 184 Å². The third kappa shape index (κ3) is 5.21. The molecule has 0 aromatic heterocycles. The fraction of sp³-hybridized carbons (Fsp3) is 0.500. The van der Waals surface area contributed by atoms with E-state index in [0.717, 1.165) is 17.7 Å². The minimum absolute atomic E-state index is 0.0990. The lowest BCUT2D eigenvalue weighted by atomic mass is 9.94. The van der Waals surface area contributed by atoms with Crippen LogP contribution in [0.2, 0.25) is 0 Å². The zero-order valence-electron chi connectivity index (χ0n) is 19.1. The molecule has 0 saturated carbocycles. The standard InChI is InChI=1S/C24H32N2O5/c1-7-25-15-20(22(27)29-8-2)16(3)19-10-9-17(13-21(19)25)30-18-11-12-26(14-18)23(28)31-24(4,5)6/h9-10,13,15,18H,3,7-8,11-12,14H2,1-2,4-6H3/t18-/m0/s1. The zero-order valence-corrected chi connectivity index (χ0v) is 19.1. The summed E-state index contributed by atoms with van der Waals surface area (Å²) >= 11 is 0. The smallest absolute Gasteiger partial charge is 0.410 e. The van der Waals surface area contributed by atoms with Crippen molar-refractivity contribution in [2.75, 3.05) is 31.1 Å². The SMILES string of the molecule is C=C1C(C(=O)OCC)=CN(CC)c2cc(O[C@H]3CCN(C(=O)OC(C)(C)C)C3)ccc21. The highest BCUT2D eigenvalue weighted by Crippen LogP contribution is 2.39. The van der Waals surface area contributed by atoms with E-state index in [9.17, 15) is 9.59 Å². The number of amides is 1. The number of ether oxygens (including phenoxy) is 3. The number of carbonyl (C=O) groups excluding carboxylic acids is 2. The van der Waals surface area contributed by atoms with Crippen LogP contribution in [-0.2, 0) is 14.3 Å². The van der Waals surface area contributed by atoms with Crippen molar-refractivity contribution in [2.24, 2.45) is 0 Å². The van der Waals surface area contributed by atoms with Crippen LogP contribution in [0.1, 0.15) is 46.6 Å². The summed E-state index contributed by atoms with van der Waals surface area (Å²) in [6, 6.07) is 5.75. The first-order chi connectivity index (χ1) is 14.6. The van der Waals surface area contributed by atoms with E-state index in [1.807, 2.05) is 50.8 Å². The van der Waals surface area contributed by atoms with Crippen LogP contribution in [0.15, 0.2) is 36.6 Å². The van der Waals surface area contributed by atoms with Crippen molar-refractivity contribution in [3.05, 3.63) is 42.1 Å². The molecule has 168 valence electrons. The molecule has 2 aliphatic heterocycles. The number of rotatable bonds is 5. The van der Waals surface area contributed by atoms with E-state index in [1.54, 1.807) is 18.0 Å². The maximum Gasteiger partial charge on any atom is 0.410 e. The van der Waals surface area contributed by atoms with E-state index in [1.165, 1.54) is 0 Å².